The molecule has 0 radical (unpaired) electrons. The van der Waals surface area contributed by atoms with Crippen LogP contribution in [-0.4, -0.2) is 22.2 Å². The molecule has 0 spiro atoms. The molecule has 5 rings (SSSR count). The molecule has 0 aliphatic carbocycles. The number of fused-ring (bicyclic) bond motifs is 2. The highest BCUT2D eigenvalue weighted by atomic mass is 16.1. The van der Waals surface area contributed by atoms with Crippen molar-refractivity contribution in [2.24, 2.45) is 9.98 Å². The zero-order chi connectivity index (χ0) is 18.2. The molecule has 0 amide bonds. The van der Waals surface area contributed by atoms with Crippen molar-refractivity contribution in [3.05, 3.63) is 94.8 Å². The average Bonchev–Trinajstić information content (AvgIpc) is 3.31. The maximum Gasteiger partial charge on any atom is 0.181 e. The van der Waals surface area contributed by atoms with Crippen LogP contribution in [0, 0.1) is 0 Å². The lowest BCUT2D eigenvalue weighted by atomic mass is 9.96. The predicted octanol–water partition coefficient (Wildman–Crippen LogP) is 3.87. The molecule has 130 valence electrons. The quantitative estimate of drug-likeness (QED) is 0.716. The van der Waals surface area contributed by atoms with Gasteiger partial charge in [-0.3, -0.25) is 14.8 Å². The lowest BCUT2D eigenvalue weighted by Gasteiger charge is -2.06. The van der Waals surface area contributed by atoms with Crippen molar-refractivity contribution in [2.45, 2.75) is 19.4 Å². The van der Waals surface area contributed by atoms with Crippen LogP contribution in [0.2, 0.25) is 0 Å². The third-order valence-electron chi connectivity index (χ3n) is 5.06. The summed E-state index contributed by atoms with van der Waals surface area (Å²) in [5.74, 6) is 0.0978. The van der Waals surface area contributed by atoms with Gasteiger partial charge in [0.15, 0.2) is 5.78 Å². The first-order chi connectivity index (χ1) is 13.3. The summed E-state index contributed by atoms with van der Waals surface area (Å²) in [5.41, 5.74) is 8.05. The van der Waals surface area contributed by atoms with E-state index in [1.165, 1.54) is 5.56 Å². The molecule has 4 heteroatoms. The van der Waals surface area contributed by atoms with Crippen LogP contribution < -0.4 is 0 Å². The fourth-order valence-corrected chi connectivity index (χ4v) is 3.70. The SMILES string of the molecule is O=C(Cc1ccccc1)C1=Nc2cc3c(cc2C1)CN=C3c1ccncc1. The van der Waals surface area contributed by atoms with E-state index in [1.54, 1.807) is 12.4 Å². The molecular weight excluding hydrogens is 334 g/mol. The van der Waals surface area contributed by atoms with E-state index in [0.29, 0.717) is 25.1 Å². The maximum absolute atomic E-state index is 12.7. The van der Waals surface area contributed by atoms with Crippen LogP contribution in [-0.2, 0) is 24.2 Å². The van der Waals surface area contributed by atoms with Crippen LogP contribution in [0.25, 0.3) is 0 Å². The number of pyridine rings is 1. The Balaban J connectivity index is 1.43. The van der Waals surface area contributed by atoms with Crippen LogP contribution >= 0.6 is 0 Å². The van der Waals surface area contributed by atoms with Crippen LogP contribution in [0.5, 0.6) is 0 Å². The van der Waals surface area contributed by atoms with Crippen molar-refractivity contribution in [1.29, 1.82) is 0 Å². The van der Waals surface area contributed by atoms with E-state index in [2.05, 4.69) is 22.1 Å². The molecule has 0 bridgehead atoms. The second-order valence-corrected chi connectivity index (χ2v) is 6.86. The number of hydrogen-bond donors (Lipinski definition) is 0. The molecule has 0 atom stereocenters. The van der Waals surface area contributed by atoms with Gasteiger partial charge in [-0.05, 0) is 34.9 Å². The normalized spacial score (nSPS) is 14.4. The third kappa shape index (κ3) is 2.89. The van der Waals surface area contributed by atoms with Gasteiger partial charge >= 0.3 is 0 Å². The fraction of sp³-hybridized carbons (Fsp3) is 0.130. The molecule has 3 aromatic rings. The summed E-state index contributed by atoms with van der Waals surface area (Å²) in [4.78, 5) is 26.1. The smallest absolute Gasteiger partial charge is 0.181 e. The van der Waals surface area contributed by atoms with E-state index < -0.39 is 0 Å². The van der Waals surface area contributed by atoms with E-state index in [-0.39, 0.29) is 5.78 Å². The van der Waals surface area contributed by atoms with E-state index in [9.17, 15) is 4.79 Å². The minimum atomic E-state index is 0.0978. The van der Waals surface area contributed by atoms with Gasteiger partial charge in [-0.2, -0.15) is 0 Å². The zero-order valence-corrected chi connectivity index (χ0v) is 14.7. The van der Waals surface area contributed by atoms with Crippen LogP contribution in [0.15, 0.2) is 77.0 Å². The fourth-order valence-electron chi connectivity index (χ4n) is 3.70. The van der Waals surface area contributed by atoms with Gasteiger partial charge in [0.2, 0.25) is 0 Å². The Kier molecular flexibility index (Phi) is 3.75. The van der Waals surface area contributed by atoms with Crippen molar-refractivity contribution < 1.29 is 4.79 Å². The molecule has 2 aliphatic rings. The molecule has 27 heavy (non-hydrogen) atoms. The second-order valence-electron chi connectivity index (χ2n) is 6.86. The first-order valence-electron chi connectivity index (χ1n) is 9.03. The lowest BCUT2D eigenvalue weighted by Crippen LogP contribution is -2.16. The Morgan fingerprint density at radius 3 is 2.59 bits per heavy atom. The van der Waals surface area contributed by atoms with Crippen molar-refractivity contribution in [3.63, 3.8) is 0 Å². The number of nitrogens with zero attached hydrogens (tertiary/aromatic N) is 3. The molecule has 0 saturated carbocycles. The maximum atomic E-state index is 12.7. The average molecular weight is 351 g/mol. The van der Waals surface area contributed by atoms with Crippen LogP contribution in [0.3, 0.4) is 0 Å². The van der Waals surface area contributed by atoms with Crippen LogP contribution in [0.4, 0.5) is 5.69 Å². The van der Waals surface area contributed by atoms with Gasteiger partial charge in [-0.1, -0.05) is 36.4 Å². The van der Waals surface area contributed by atoms with Gasteiger partial charge in [0, 0.05) is 36.4 Å². The van der Waals surface area contributed by atoms with Gasteiger partial charge in [-0.25, -0.2) is 4.99 Å². The van der Waals surface area contributed by atoms with Gasteiger partial charge in [0.25, 0.3) is 0 Å². The van der Waals surface area contributed by atoms with Gasteiger partial charge in [0.05, 0.1) is 23.7 Å². The highest BCUT2D eigenvalue weighted by molar-refractivity contribution is 6.42. The molecular formula is C23H17N3O. The summed E-state index contributed by atoms with van der Waals surface area (Å²) >= 11 is 0. The summed E-state index contributed by atoms with van der Waals surface area (Å²) in [7, 11) is 0. The minimum Gasteiger partial charge on any atom is -0.292 e. The Morgan fingerprint density at radius 2 is 1.78 bits per heavy atom. The van der Waals surface area contributed by atoms with Crippen molar-refractivity contribution in [2.75, 3.05) is 0 Å². The molecule has 0 N–H and O–H groups in total. The summed E-state index contributed by atoms with van der Waals surface area (Å²) in [5, 5.41) is 0. The molecule has 0 fully saturated rings. The third-order valence-corrected chi connectivity index (χ3v) is 5.06. The number of Topliss-reactive ketones (excluding diaryl/α,β-unsaturated/α-hetero) is 1. The first-order valence-corrected chi connectivity index (χ1v) is 9.03. The summed E-state index contributed by atoms with van der Waals surface area (Å²) in [6.07, 6.45) is 4.57. The Labute approximate surface area is 157 Å². The molecule has 3 heterocycles. The number of carbonyl (C=O) groups is 1. The molecule has 2 aromatic carbocycles. The van der Waals surface area contributed by atoms with E-state index in [0.717, 1.165) is 33.7 Å². The standard InChI is InChI=1S/C23H17N3O/c27-22(10-15-4-2-1-3-5-15)21-12-17-11-18-14-25-23(16-6-8-24-9-7-16)19(18)13-20(17)26-21/h1-9,11,13H,10,12,14H2. The van der Waals surface area contributed by atoms with E-state index >= 15 is 0 Å². The number of rotatable bonds is 4. The van der Waals surface area contributed by atoms with Gasteiger partial charge in [-0.15, -0.1) is 0 Å². The first kappa shape index (κ1) is 15.8. The predicted molar refractivity (Wildman–Crippen MR) is 106 cm³/mol. The highest BCUT2D eigenvalue weighted by Gasteiger charge is 2.25. The largest absolute Gasteiger partial charge is 0.292 e. The van der Waals surface area contributed by atoms with Crippen molar-refractivity contribution >= 4 is 22.9 Å². The molecule has 0 unspecified atom stereocenters. The Morgan fingerprint density at radius 1 is 0.963 bits per heavy atom. The summed E-state index contributed by atoms with van der Waals surface area (Å²) < 4.78 is 0. The van der Waals surface area contributed by atoms with Gasteiger partial charge < -0.3 is 0 Å². The summed E-state index contributed by atoms with van der Waals surface area (Å²) in [6.45, 7) is 0.674. The Bertz CT molecular complexity index is 1100. The highest BCUT2D eigenvalue weighted by Crippen LogP contribution is 2.34. The zero-order valence-electron chi connectivity index (χ0n) is 14.7. The van der Waals surface area contributed by atoms with E-state index in [1.807, 2.05) is 42.5 Å². The number of ketones is 1. The lowest BCUT2D eigenvalue weighted by molar-refractivity contribution is -0.112. The number of aliphatic imine (C=N–C) groups is 2. The number of carbonyl (C=O) groups excluding carboxylic acids is 1. The van der Waals surface area contributed by atoms with Crippen molar-refractivity contribution in [1.82, 2.24) is 4.98 Å². The van der Waals surface area contributed by atoms with Crippen LogP contribution in [0.1, 0.15) is 27.8 Å². The number of aromatic nitrogens is 1. The topological polar surface area (TPSA) is 54.7 Å². The molecule has 0 saturated heterocycles. The number of benzene rings is 2. The molecule has 4 nitrogen and oxygen atoms in total. The monoisotopic (exact) mass is 351 g/mol. The Hall–Kier alpha value is -3.40. The number of hydrogen-bond acceptors (Lipinski definition) is 4. The molecule has 2 aliphatic heterocycles. The van der Waals surface area contributed by atoms with Crippen molar-refractivity contribution in [3.8, 4) is 0 Å². The second kappa shape index (κ2) is 6.40. The van der Waals surface area contributed by atoms with E-state index in [4.69, 9.17) is 4.99 Å². The minimum absolute atomic E-state index is 0.0978. The van der Waals surface area contributed by atoms with Gasteiger partial charge in [0.1, 0.15) is 0 Å². The summed E-state index contributed by atoms with van der Waals surface area (Å²) in [6, 6.07) is 18.0. The molecule has 1 aromatic heterocycles.